The fourth-order valence-corrected chi connectivity index (χ4v) is 2.78. The van der Waals surface area contributed by atoms with Gasteiger partial charge in [-0.3, -0.25) is 9.78 Å². The van der Waals surface area contributed by atoms with E-state index in [1.165, 1.54) is 18.5 Å². The van der Waals surface area contributed by atoms with Gasteiger partial charge in [0.1, 0.15) is 11.6 Å². The first-order valence-electron chi connectivity index (χ1n) is 7.68. The molecule has 3 rings (SSSR count). The van der Waals surface area contributed by atoms with Crippen LogP contribution in [0.5, 0.6) is 5.75 Å². The molecular formula is C19H15FIN3O2. The highest BCUT2D eigenvalue weighted by atomic mass is 127. The second kappa shape index (κ2) is 8.13. The molecule has 0 bridgehead atoms. The van der Waals surface area contributed by atoms with Gasteiger partial charge >= 0.3 is 0 Å². The molecule has 1 heterocycles. The van der Waals surface area contributed by atoms with E-state index in [1.807, 2.05) is 22.6 Å². The van der Waals surface area contributed by atoms with Gasteiger partial charge in [0.15, 0.2) is 0 Å². The number of pyridine rings is 1. The fraction of sp³-hybridized carbons (Fsp3) is 0.0526. The van der Waals surface area contributed by atoms with Crippen LogP contribution < -0.4 is 15.4 Å². The standard InChI is InChI=1S/C19H15FIN3O2/c1-26-14-4-2-3-13(10-14)23-19(25)15-7-8-22-11-18(15)24-17-6-5-12(21)9-16(17)20/h2-11,24H,1H3,(H,23,25). The predicted octanol–water partition coefficient (Wildman–Crippen LogP) is 4.83. The lowest BCUT2D eigenvalue weighted by atomic mass is 10.2. The van der Waals surface area contributed by atoms with Crippen molar-refractivity contribution in [3.05, 3.63) is 75.9 Å². The topological polar surface area (TPSA) is 63.2 Å². The highest BCUT2D eigenvalue weighted by Gasteiger charge is 2.14. The predicted molar refractivity (Wildman–Crippen MR) is 108 cm³/mol. The molecule has 0 aliphatic heterocycles. The van der Waals surface area contributed by atoms with E-state index in [1.54, 1.807) is 49.6 Å². The number of hydrogen-bond acceptors (Lipinski definition) is 4. The Balaban J connectivity index is 1.85. The number of carbonyl (C=O) groups is 1. The number of hydrogen-bond donors (Lipinski definition) is 2. The minimum Gasteiger partial charge on any atom is -0.497 e. The van der Waals surface area contributed by atoms with Gasteiger partial charge < -0.3 is 15.4 Å². The third-order valence-electron chi connectivity index (χ3n) is 3.59. The molecule has 0 aliphatic rings. The van der Waals surface area contributed by atoms with Crippen LogP contribution in [0, 0.1) is 9.39 Å². The van der Waals surface area contributed by atoms with Crippen molar-refractivity contribution >= 4 is 45.6 Å². The van der Waals surface area contributed by atoms with Crippen LogP contribution >= 0.6 is 22.6 Å². The second-order valence-corrected chi connectivity index (χ2v) is 6.60. The van der Waals surface area contributed by atoms with Crippen molar-refractivity contribution in [1.29, 1.82) is 0 Å². The second-order valence-electron chi connectivity index (χ2n) is 5.36. The first kappa shape index (κ1) is 18.1. The molecule has 0 saturated heterocycles. The molecule has 0 saturated carbocycles. The van der Waals surface area contributed by atoms with Crippen LogP contribution in [0.3, 0.4) is 0 Å². The van der Waals surface area contributed by atoms with Crippen molar-refractivity contribution in [3.63, 3.8) is 0 Å². The zero-order chi connectivity index (χ0) is 18.5. The van der Waals surface area contributed by atoms with Gasteiger partial charge in [-0.1, -0.05) is 6.07 Å². The first-order chi connectivity index (χ1) is 12.6. The number of nitrogens with one attached hydrogen (secondary N) is 2. The molecular weight excluding hydrogens is 448 g/mol. The van der Waals surface area contributed by atoms with Crippen LogP contribution in [-0.4, -0.2) is 18.0 Å². The van der Waals surface area contributed by atoms with Gasteiger partial charge in [0.25, 0.3) is 5.91 Å². The van der Waals surface area contributed by atoms with Gasteiger partial charge in [0.05, 0.1) is 30.2 Å². The summed E-state index contributed by atoms with van der Waals surface area (Å²) in [5.41, 5.74) is 1.63. The highest BCUT2D eigenvalue weighted by molar-refractivity contribution is 14.1. The van der Waals surface area contributed by atoms with Crippen LogP contribution in [0.1, 0.15) is 10.4 Å². The van der Waals surface area contributed by atoms with Crippen molar-refractivity contribution in [2.24, 2.45) is 0 Å². The molecule has 0 radical (unpaired) electrons. The molecule has 26 heavy (non-hydrogen) atoms. The Kier molecular flexibility index (Phi) is 5.67. The SMILES string of the molecule is COc1cccc(NC(=O)c2ccncc2Nc2ccc(I)cc2F)c1. The van der Waals surface area contributed by atoms with Gasteiger partial charge in [-0.25, -0.2) is 4.39 Å². The molecule has 0 fully saturated rings. The largest absolute Gasteiger partial charge is 0.497 e. The Hall–Kier alpha value is -2.68. The number of halogens is 2. The van der Waals surface area contributed by atoms with Crippen LogP contribution in [0.2, 0.25) is 0 Å². The number of rotatable bonds is 5. The van der Waals surface area contributed by atoms with Gasteiger partial charge in [-0.15, -0.1) is 0 Å². The lowest BCUT2D eigenvalue weighted by Crippen LogP contribution is -2.14. The summed E-state index contributed by atoms with van der Waals surface area (Å²) < 4.78 is 20.0. The van der Waals surface area contributed by atoms with Crippen molar-refractivity contribution in [3.8, 4) is 5.75 Å². The first-order valence-corrected chi connectivity index (χ1v) is 8.76. The number of nitrogens with zero attached hydrogens (tertiary/aromatic N) is 1. The number of anilines is 3. The minimum atomic E-state index is -0.403. The minimum absolute atomic E-state index is 0.272. The number of methoxy groups -OCH3 is 1. The van der Waals surface area contributed by atoms with Gasteiger partial charge in [0, 0.05) is 21.5 Å². The average Bonchev–Trinajstić information content (AvgIpc) is 2.64. The smallest absolute Gasteiger partial charge is 0.257 e. The summed E-state index contributed by atoms with van der Waals surface area (Å²) in [7, 11) is 1.56. The van der Waals surface area contributed by atoms with Gasteiger partial charge in [-0.2, -0.15) is 0 Å². The quantitative estimate of drug-likeness (QED) is 0.533. The molecule has 132 valence electrons. The summed E-state index contributed by atoms with van der Waals surface area (Å²) in [5, 5.41) is 5.73. The van der Waals surface area contributed by atoms with Crippen molar-refractivity contribution in [1.82, 2.24) is 4.98 Å². The Bertz CT molecular complexity index is 950. The van der Waals surface area contributed by atoms with E-state index in [-0.39, 0.29) is 11.6 Å². The zero-order valence-electron chi connectivity index (χ0n) is 13.8. The molecule has 2 aromatic carbocycles. The number of carbonyl (C=O) groups excluding carboxylic acids is 1. The zero-order valence-corrected chi connectivity index (χ0v) is 16.0. The van der Waals surface area contributed by atoms with E-state index in [0.717, 1.165) is 3.57 Å². The molecule has 0 atom stereocenters. The molecule has 3 aromatic rings. The summed E-state index contributed by atoms with van der Waals surface area (Å²) in [6.45, 7) is 0. The van der Waals surface area contributed by atoms with E-state index < -0.39 is 5.82 Å². The van der Waals surface area contributed by atoms with Crippen LogP contribution in [0.4, 0.5) is 21.5 Å². The van der Waals surface area contributed by atoms with E-state index >= 15 is 0 Å². The lowest BCUT2D eigenvalue weighted by molar-refractivity contribution is 0.102. The Labute approximate surface area is 163 Å². The van der Waals surface area contributed by atoms with E-state index in [4.69, 9.17) is 4.74 Å². The molecule has 0 spiro atoms. The average molecular weight is 463 g/mol. The third-order valence-corrected chi connectivity index (χ3v) is 4.26. The maximum absolute atomic E-state index is 14.1. The summed E-state index contributed by atoms with van der Waals surface area (Å²) in [6, 6.07) is 13.4. The molecule has 5 nitrogen and oxygen atoms in total. The maximum atomic E-state index is 14.1. The molecule has 1 aromatic heterocycles. The van der Waals surface area contributed by atoms with E-state index in [2.05, 4.69) is 15.6 Å². The lowest BCUT2D eigenvalue weighted by Gasteiger charge is -2.13. The number of aromatic nitrogens is 1. The van der Waals surface area contributed by atoms with E-state index in [9.17, 15) is 9.18 Å². The van der Waals surface area contributed by atoms with Crippen LogP contribution in [-0.2, 0) is 0 Å². The molecule has 1 amide bonds. The normalized spacial score (nSPS) is 10.3. The van der Waals surface area contributed by atoms with Crippen LogP contribution in [0.15, 0.2) is 60.9 Å². The molecule has 7 heteroatoms. The van der Waals surface area contributed by atoms with Gasteiger partial charge in [0.2, 0.25) is 0 Å². The molecule has 0 aliphatic carbocycles. The fourth-order valence-electron chi connectivity index (χ4n) is 2.33. The monoisotopic (exact) mass is 463 g/mol. The van der Waals surface area contributed by atoms with Gasteiger partial charge in [-0.05, 0) is 59.0 Å². The number of benzene rings is 2. The number of ether oxygens (including phenoxy) is 1. The highest BCUT2D eigenvalue weighted by Crippen LogP contribution is 2.25. The molecule has 2 N–H and O–H groups in total. The summed E-state index contributed by atoms with van der Waals surface area (Å²) in [4.78, 5) is 16.7. The van der Waals surface area contributed by atoms with Crippen molar-refractivity contribution < 1.29 is 13.9 Å². The molecule has 0 unspecified atom stereocenters. The van der Waals surface area contributed by atoms with Crippen LogP contribution in [0.25, 0.3) is 0 Å². The third kappa shape index (κ3) is 4.29. The Morgan fingerprint density at radius 1 is 1.15 bits per heavy atom. The summed E-state index contributed by atoms with van der Waals surface area (Å²) in [6.07, 6.45) is 2.99. The van der Waals surface area contributed by atoms with Crippen molar-refractivity contribution in [2.75, 3.05) is 17.7 Å². The van der Waals surface area contributed by atoms with Crippen molar-refractivity contribution in [2.45, 2.75) is 0 Å². The maximum Gasteiger partial charge on any atom is 0.257 e. The number of amides is 1. The van der Waals surface area contributed by atoms with E-state index in [0.29, 0.717) is 22.7 Å². The Morgan fingerprint density at radius 3 is 2.77 bits per heavy atom. The Morgan fingerprint density at radius 2 is 2.00 bits per heavy atom. The summed E-state index contributed by atoms with van der Waals surface area (Å²) >= 11 is 2.03. The summed E-state index contributed by atoms with van der Waals surface area (Å²) in [5.74, 6) is -0.106.